The van der Waals surface area contributed by atoms with Crippen molar-refractivity contribution in [2.24, 2.45) is 0 Å². The quantitative estimate of drug-likeness (QED) is 0.538. The van der Waals surface area contributed by atoms with Gasteiger partial charge in [0.25, 0.3) is 5.92 Å². The predicted octanol–water partition coefficient (Wildman–Crippen LogP) is 4.58. The van der Waals surface area contributed by atoms with Crippen molar-refractivity contribution in [3.05, 3.63) is 47.9 Å². The lowest BCUT2D eigenvalue weighted by molar-refractivity contribution is -0.00572. The van der Waals surface area contributed by atoms with Crippen molar-refractivity contribution in [3.8, 4) is 11.1 Å². The summed E-state index contributed by atoms with van der Waals surface area (Å²) < 4.78 is 47.4. The summed E-state index contributed by atoms with van der Waals surface area (Å²) in [4.78, 5) is 10.4. The monoisotopic (exact) mass is 473 g/mol. The van der Waals surface area contributed by atoms with Crippen LogP contribution in [0.15, 0.2) is 36.5 Å². The van der Waals surface area contributed by atoms with Gasteiger partial charge in [-0.25, -0.2) is 18.2 Å². The molecule has 0 amide bonds. The van der Waals surface area contributed by atoms with Crippen molar-refractivity contribution in [1.29, 1.82) is 0 Å². The number of halogens is 3. The topological polar surface area (TPSA) is 88.1 Å². The molecule has 4 rings (SSSR count). The molecule has 0 aliphatic carbocycles. The molecule has 0 saturated carbocycles. The third-order valence-corrected chi connectivity index (χ3v) is 5.41. The molecule has 2 N–H and O–H groups in total. The van der Waals surface area contributed by atoms with Gasteiger partial charge in [-0.3, -0.25) is 0 Å². The van der Waals surface area contributed by atoms with Crippen LogP contribution in [0.2, 0.25) is 0 Å². The zero-order chi connectivity index (χ0) is 24.5. The number of nitrogens with zero attached hydrogens (tertiary/aromatic N) is 5. The second-order valence-electron chi connectivity index (χ2n) is 8.36. The Bertz CT molecular complexity index is 1140. The summed E-state index contributed by atoms with van der Waals surface area (Å²) in [6.45, 7) is 5.94. The largest absolute Gasteiger partial charge is 0.372 e. The number of hydrogen-bond donors (Lipinski definition) is 2. The first-order valence-corrected chi connectivity index (χ1v) is 10.9. The third kappa shape index (κ3) is 5.19. The summed E-state index contributed by atoms with van der Waals surface area (Å²) in [6.07, 6.45) is 1.10. The molecule has 8 nitrogen and oxygen atoms in total. The second kappa shape index (κ2) is 9.41. The van der Waals surface area contributed by atoms with Gasteiger partial charge in [0.05, 0.1) is 18.4 Å². The maximum atomic E-state index is 14.5. The molecule has 1 aromatic carbocycles. The molecule has 180 valence electrons. The van der Waals surface area contributed by atoms with E-state index in [1.165, 1.54) is 12.1 Å². The van der Waals surface area contributed by atoms with Crippen LogP contribution in [0.25, 0.3) is 11.1 Å². The summed E-state index contributed by atoms with van der Waals surface area (Å²) in [5, 5.41) is 14.0. The molecule has 1 fully saturated rings. The van der Waals surface area contributed by atoms with Gasteiger partial charge in [-0.05, 0) is 25.5 Å². The maximum absolute atomic E-state index is 14.5. The Morgan fingerprint density at radius 2 is 1.74 bits per heavy atom. The smallest absolute Gasteiger partial charge is 0.270 e. The zero-order valence-electron chi connectivity index (χ0n) is 19.3. The lowest BCUT2D eigenvalue weighted by Gasteiger charge is -2.35. The molecule has 1 aliphatic rings. The summed E-state index contributed by atoms with van der Waals surface area (Å²) >= 11 is 0. The number of nitrogens with one attached hydrogen (secondary N) is 2. The number of ether oxygens (including phenoxy) is 1. The molecular formula is C23H26F3N7O. The molecule has 0 radical (unpaired) electrons. The summed E-state index contributed by atoms with van der Waals surface area (Å²) in [6, 6.07) is 7.54. The van der Waals surface area contributed by atoms with Gasteiger partial charge in [-0.15, -0.1) is 10.2 Å². The van der Waals surface area contributed by atoms with Crippen molar-refractivity contribution >= 4 is 23.4 Å². The van der Waals surface area contributed by atoms with E-state index in [2.05, 4.69) is 30.8 Å². The molecular weight excluding hydrogens is 447 g/mol. The Hall–Kier alpha value is -3.47. The first-order chi connectivity index (χ1) is 16.1. The van der Waals surface area contributed by atoms with Gasteiger partial charge in [-0.2, -0.15) is 4.98 Å². The van der Waals surface area contributed by atoms with Crippen LogP contribution in [0.4, 0.5) is 36.6 Å². The van der Waals surface area contributed by atoms with E-state index in [4.69, 9.17) is 4.74 Å². The Balaban J connectivity index is 1.62. The van der Waals surface area contributed by atoms with Gasteiger partial charge in [-0.1, -0.05) is 24.3 Å². The third-order valence-electron chi connectivity index (χ3n) is 5.41. The van der Waals surface area contributed by atoms with E-state index in [0.29, 0.717) is 36.0 Å². The predicted molar refractivity (Wildman–Crippen MR) is 124 cm³/mol. The number of rotatable bonds is 6. The number of alkyl halides is 2. The first-order valence-electron chi connectivity index (χ1n) is 10.9. The van der Waals surface area contributed by atoms with E-state index < -0.39 is 11.7 Å². The van der Waals surface area contributed by atoms with Crippen LogP contribution in [-0.2, 0) is 10.7 Å². The van der Waals surface area contributed by atoms with E-state index in [0.717, 1.165) is 13.1 Å². The molecule has 0 unspecified atom stereocenters. The van der Waals surface area contributed by atoms with Gasteiger partial charge in [0.15, 0.2) is 23.3 Å². The molecule has 1 aliphatic heterocycles. The van der Waals surface area contributed by atoms with Gasteiger partial charge >= 0.3 is 0 Å². The molecule has 3 aromatic rings. The van der Waals surface area contributed by atoms with Crippen LogP contribution in [0.3, 0.4) is 0 Å². The molecule has 3 heterocycles. The van der Waals surface area contributed by atoms with E-state index >= 15 is 0 Å². The van der Waals surface area contributed by atoms with Crippen LogP contribution < -0.4 is 15.5 Å². The Labute approximate surface area is 195 Å². The molecule has 2 atom stereocenters. The minimum atomic E-state index is -2.94. The van der Waals surface area contributed by atoms with Crippen LogP contribution in [0.1, 0.15) is 26.3 Å². The van der Waals surface area contributed by atoms with Crippen LogP contribution in [-0.4, -0.2) is 52.5 Å². The average molecular weight is 474 g/mol. The standard InChI is InChI=1S/C23H26F3N7O/c1-13-11-33(12-14(2)34-13)22-28-10-18(24)21(30-22)29-19-9-17(20(27-4)32-31-19)15-5-7-16(8-6-15)23(3,25)26/h5-10,13-14H,11-12H2,1-4H3,(H,27,32)(H,28,29,30,31)/t13-,14+. The molecule has 1 saturated heterocycles. The van der Waals surface area contributed by atoms with Crippen LogP contribution in [0, 0.1) is 5.82 Å². The fourth-order valence-electron chi connectivity index (χ4n) is 3.86. The van der Waals surface area contributed by atoms with Crippen molar-refractivity contribution in [2.45, 2.75) is 38.9 Å². The van der Waals surface area contributed by atoms with Crippen molar-refractivity contribution < 1.29 is 17.9 Å². The van der Waals surface area contributed by atoms with Crippen molar-refractivity contribution in [1.82, 2.24) is 20.2 Å². The Morgan fingerprint density at radius 1 is 1.06 bits per heavy atom. The van der Waals surface area contributed by atoms with Crippen molar-refractivity contribution in [2.75, 3.05) is 35.7 Å². The van der Waals surface area contributed by atoms with Gasteiger partial charge in [0, 0.05) is 38.2 Å². The summed E-state index contributed by atoms with van der Waals surface area (Å²) in [7, 11) is 1.68. The average Bonchev–Trinajstić information content (AvgIpc) is 2.79. The molecule has 11 heteroatoms. The fourth-order valence-corrected chi connectivity index (χ4v) is 3.86. The highest BCUT2D eigenvalue weighted by Gasteiger charge is 2.26. The van der Waals surface area contributed by atoms with E-state index in [1.54, 1.807) is 25.2 Å². The first kappa shape index (κ1) is 23.7. The van der Waals surface area contributed by atoms with E-state index in [9.17, 15) is 13.2 Å². The second-order valence-corrected chi connectivity index (χ2v) is 8.36. The number of benzene rings is 1. The molecule has 0 bridgehead atoms. The van der Waals surface area contributed by atoms with Crippen LogP contribution in [0.5, 0.6) is 0 Å². The maximum Gasteiger partial charge on any atom is 0.270 e. The number of anilines is 4. The molecule has 34 heavy (non-hydrogen) atoms. The Morgan fingerprint density at radius 3 is 2.35 bits per heavy atom. The summed E-state index contributed by atoms with van der Waals surface area (Å²) in [5.41, 5.74) is 1.16. The lowest BCUT2D eigenvalue weighted by Crippen LogP contribution is -2.46. The Kier molecular flexibility index (Phi) is 6.56. The van der Waals surface area contributed by atoms with Crippen LogP contribution >= 0.6 is 0 Å². The highest BCUT2D eigenvalue weighted by molar-refractivity contribution is 5.77. The number of morpholine rings is 1. The van der Waals surface area contributed by atoms with E-state index in [1.807, 2.05) is 18.7 Å². The van der Waals surface area contributed by atoms with Crippen molar-refractivity contribution in [3.63, 3.8) is 0 Å². The highest BCUT2D eigenvalue weighted by Crippen LogP contribution is 2.32. The fraction of sp³-hybridized carbons (Fsp3) is 0.391. The zero-order valence-corrected chi connectivity index (χ0v) is 19.3. The number of hydrogen-bond acceptors (Lipinski definition) is 8. The SMILES string of the molecule is CNc1nnc(Nc2nc(N3C[C@@H](C)O[C@@H](C)C3)ncc2F)cc1-c1ccc(C(C)(F)F)cc1. The highest BCUT2D eigenvalue weighted by atomic mass is 19.3. The van der Waals surface area contributed by atoms with E-state index in [-0.39, 0.29) is 29.4 Å². The summed E-state index contributed by atoms with van der Waals surface area (Å²) in [5.74, 6) is -2.56. The minimum absolute atomic E-state index is 0.00429. The molecule has 2 aromatic heterocycles. The number of aromatic nitrogens is 4. The van der Waals surface area contributed by atoms with Gasteiger partial charge in [0.1, 0.15) is 0 Å². The normalized spacial score (nSPS) is 18.6. The lowest BCUT2D eigenvalue weighted by atomic mass is 10.0. The van der Waals surface area contributed by atoms with Gasteiger partial charge in [0.2, 0.25) is 5.95 Å². The van der Waals surface area contributed by atoms with Gasteiger partial charge < -0.3 is 20.3 Å². The minimum Gasteiger partial charge on any atom is -0.372 e. The molecule has 0 spiro atoms.